The summed E-state index contributed by atoms with van der Waals surface area (Å²) < 4.78 is 49.6. The number of alkyl halides is 2. The Labute approximate surface area is 210 Å². The molecule has 1 aliphatic rings. The van der Waals surface area contributed by atoms with E-state index < -0.39 is 17.8 Å². The van der Waals surface area contributed by atoms with E-state index >= 15 is 0 Å². The van der Waals surface area contributed by atoms with Crippen LogP contribution in [0.15, 0.2) is 60.8 Å². The van der Waals surface area contributed by atoms with E-state index in [-0.39, 0.29) is 12.4 Å². The second-order valence-electron chi connectivity index (χ2n) is 8.48. The quantitative estimate of drug-likeness (QED) is 0.325. The molecule has 0 unspecified atom stereocenters. The number of rotatable bonds is 8. The van der Waals surface area contributed by atoms with Crippen LogP contribution < -0.4 is 9.64 Å². The standard InChI is InChI=1S/C26H26F2N4O3S/c1-34-17-25-30-21-8-6-18(19-7-9-24(29-15-19)31-10-12-36(33)13-11-31)14-22(21)32(25)16-20-4-2-3-5-23(20)35-26(27)28/h2-9,14-15,26H,10-13,16-17H2,1H3. The topological polar surface area (TPSA) is 75.5 Å². The summed E-state index contributed by atoms with van der Waals surface area (Å²) in [6, 6.07) is 16.7. The predicted octanol–water partition coefficient (Wildman–Crippen LogP) is 4.46. The Kier molecular flexibility index (Phi) is 7.35. The lowest BCUT2D eigenvalue weighted by molar-refractivity contribution is -0.0504. The number of methoxy groups -OCH3 is 1. The van der Waals surface area contributed by atoms with Crippen LogP contribution in [0, 0.1) is 0 Å². The number of aromatic nitrogens is 3. The Hall–Kier alpha value is -3.21. The number of imidazole rings is 1. The minimum Gasteiger partial charge on any atom is -0.616 e. The van der Waals surface area contributed by atoms with Gasteiger partial charge in [0.1, 0.15) is 35.5 Å². The zero-order chi connectivity index (χ0) is 25.1. The van der Waals surface area contributed by atoms with Gasteiger partial charge in [-0.2, -0.15) is 8.78 Å². The summed E-state index contributed by atoms with van der Waals surface area (Å²) >= 11 is -0.735. The van der Waals surface area contributed by atoms with Gasteiger partial charge in [-0.05, 0) is 35.9 Å². The minimum absolute atomic E-state index is 0.134. The molecular formula is C26H26F2N4O3S. The fourth-order valence-electron chi connectivity index (χ4n) is 4.39. The summed E-state index contributed by atoms with van der Waals surface area (Å²) in [6.07, 6.45) is 1.84. The van der Waals surface area contributed by atoms with Crippen LogP contribution >= 0.6 is 0 Å². The van der Waals surface area contributed by atoms with Crippen LogP contribution in [-0.2, 0) is 29.1 Å². The van der Waals surface area contributed by atoms with Crippen molar-refractivity contribution < 1.29 is 22.8 Å². The molecule has 7 nitrogen and oxygen atoms in total. The van der Waals surface area contributed by atoms with Crippen LogP contribution in [0.5, 0.6) is 5.75 Å². The fraction of sp³-hybridized carbons (Fsp3) is 0.308. The van der Waals surface area contributed by atoms with Crippen molar-refractivity contribution in [3.05, 3.63) is 72.2 Å². The maximum atomic E-state index is 13.0. The predicted molar refractivity (Wildman–Crippen MR) is 136 cm³/mol. The summed E-state index contributed by atoms with van der Waals surface area (Å²) in [5, 5.41) is 0. The zero-order valence-corrected chi connectivity index (χ0v) is 20.6. The highest BCUT2D eigenvalue weighted by atomic mass is 32.2. The molecule has 2 aromatic heterocycles. The molecule has 0 bridgehead atoms. The molecule has 188 valence electrons. The van der Waals surface area contributed by atoms with Crippen LogP contribution in [0.1, 0.15) is 11.4 Å². The molecule has 36 heavy (non-hydrogen) atoms. The summed E-state index contributed by atoms with van der Waals surface area (Å²) in [6.45, 7) is -0.849. The van der Waals surface area contributed by atoms with Crippen LogP contribution in [0.3, 0.4) is 0 Å². The van der Waals surface area contributed by atoms with Crippen molar-refractivity contribution in [2.45, 2.75) is 19.8 Å². The van der Waals surface area contributed by atoms with Gasteiger partial charge in [0.05, 0.1) is 30.7 Å². The van der Waals surface area contributed by atoms with Crippen molar-refractivity contribution in [1.82, 2.24) is 14.5 Å². The molecule has 0 radical (unpaired) electrons. The lowest BCUT2D eigenvalue weighted by Crippen LogP contribution is -2.40. The second kappa shape index (κ2) is 10.8. The third-order valence-corrected chi connectivity index (χ3v) is 7.48. The Morgan fingerprint density at radius 3 is 2.56 bits per heavy atom. The molecule has 0 saturated carbocycles. The average molecular weight is 513 g/mol. The maximum Gasteiger partial charge on any atom is 0.387 e. The van der Waals surface area contributed by atoms with Gasteiger partial charge in [0, 0.05) is 24.4 Å². The average Bonchev–Trinajstić information content (AvgIpc) is 3.22. The van der Waals surface area contributed by atoms with Crippen molar-refractivity contribution in [2.75, 3.05) is 36.6 Å². The van der Waals surface area contributed by atoms with Crippen molar-refractivity contribution in [3.63, 3.8) is 0 Å². The number of fused-ring (bicyclic) bond motifs is 1. The lowest BCUT2D eigenvalue weighted by atomic mass is 10.1. The van der Waals surface area contributed by atoms with Crippen molar-refractivity contribution in [2.24, 2.45) is 0 Å². The smallest absolute Gasteiger partial charge is 0.387 e. The normalized spacial score (nSPS) is 14.6. The Balaban J connectivity index is 1.47. The van der Waals surface area contributed by atoms with E-state index in [0.29, 0.717) is 29.4 Å². The molecule has 0 amide bonds. The highest BCUT2D eigenvalue weighted by molar-refractivity contribution is 7.91. The molecule has 1 saturated heterocycles. The number of halogens is 2. The molecule has 1 aliphatic heterocycles. The minimum atomic E-state index is -2.90. The van der Waals surface area contributed by atoms with E-state index in [4.69, 9.17) is 14.5 Å². The van der Waals surface area contributed by atoms with E-state index in [0.717, 1.165) is 41.1 Å². The molecule has 0 atom stereocenters. The number of para-hydroxylation sites is 1. The van der Waals surface area contributed by atoms with Crippen molar-refractivity contribution >= 4 is 28.0 Å². The number of ether oxygens (including phenoxy) is 2. The van der Waals surface area contributed by atoms with Gasteiger partial charge in [0.25, 0.3) is 0 Å². The first kappa shape index (κ1) is 24.5. The summed E-state index contributed by atoms with van der Waals surface area (Å²) in [7, 11) is 1.59. The molecule has 2 aromatic carbocycles. The van der Waals surface area contributed by atoms with E-state index in [1.807, 2.05) is 41.1 Å². The Bertz CT molecular complexity index is 1320. The Morgan fingerprint density at radius 1 is 1.06 bits per heavy atom. The molecule has 0 N–H and O–H groups in total. The summed E-state index contributed by atoms with van der Waals surface area (Å²) in [5.41, 5.74) is 4.17. The molecule has 0 aliphatic carbocycles. The highest BCUT2D eigenvalue weighted by Gasteiger charge is 2.20. The van der Waals surface area contributed by atoms with Crippen molar-refractivity contribution in [3.8, 4) is 16.9 Å². The van der Waals surface area contributed by atoms with Crippen LogP contribution in [0.25, 0.3) is 22.2 Å². The zero-order valence-electron chi connectivity index (χ0n) is 19.8. The molecule has 0 spiro atoms. The lowest BCUT2D eigenvalue weighted by Gasteiger charge is -2.29. The maximum absolute atomic E-state index is 13.0. The van der Waals surface area contributed by atoms with Crippen LogP contribution in [0.2, 0.25) is 0 Å². The Morgan fingerprint density at radius 2 is 1.83 bits per heavy atom. The van der Waals surface area contributed by atoms with Crippen LogP contribution in [-0.4, -0.2) is 57.4 Å². The highest BCUT2D eigenvalue weighted by Crippen LogP contribution is 2.29. The SMILES string of the molecule is COCc1nc2ccc(-c3ccc(N4CC[S+]([O-])CC4)nc3)cc2n1Cc1ccccc1OC(F)F. The van der Waals surface area contributed by atoms with E-state index in [2.05, 4.69) is 9.88 Å². The summed E-state index contributed by atoms with van der Waals surface area (Å²) in [4.78, 5) is 11.5. The van der Waals surface area contributed by atoms with Gasteiger partial charge in [-0.25, -0.2) is 9.97 Å². The van der Waals surface area contributed by atoms with Gasteiger partial charge in [-0.3, -0.25) is 0 Å². The number of benzene rings is 2. The number of pyridine rings is 1. The van der Waals surface area contributed by atoms with Gasteiger partial charge in [-0.15, -0.1) is 0 Å². The van der Waals surface area contributed by atoms with E-state index in [1.54, 1.807) is 25.3 Å². The van der Waals surface area contributed by atoms with Crippen molar-refractivity contribution in [1.29, 1.82) is 0 Å². The third-order valence-electron chi connectivity index (χ3n) is 6.20. The number of nitrogens with zero attached hydrogens (tertiary/aromatic N) is 4. The fourth-order valence-corrected chi connectivity index (χ4v) is 5.45. The second-order valence-corrected chi connectivity index (χ2v) is 10.2. The molecular weight excluding hydrogens is 486 g/mol. The molecule has 1 fully saturated rings. The van der Waals surface area contributed by atoms with Gasteiger partial charge in [0.15, 0.2) is 0 Å². The number of anilines is 1. The van der Waals surface area contributed by atoms with Gasteiger partial charge in [-0.1, -0.05) is 35.4 Å². The van der Waals surface area contributed by atoms with Crippen LogP contribution in [0.4, 0.5) is 14.6 Å². The molecule has 3 heterocycles. The first-order valence-electron chi connectivity index (χ1n) is 11.6. The molecule has 10 heteroatoms. The van der Waals surface area contributed by atoms with Gasteiger partial charge in [0.2, 0.25) is 0 Å². The first-order valence-corrected chi connectivity index (χ1v) is 13.1. The number of hydrogen-bond donors (Lipinski definition) is 0. The van der Waals surface area contributed by atoms with E-state index in [9.17, 15) is 13.3 Å². The van der Waals surface area contributed by atoms with E-state index in [1.165, 1.54) is 6.07 Å². The monoisotopic (exact) mass is 512 g/mol. The molecule has 4 aromatic rings. The number of hydrogen-bond acceptors (Lipinski definition) is 6. The molecule has 5 rings (SSSR count). The summed E-state index contributed by atoms with van der Waals surface area (Å²) in [5.74, 6) is 3.03. The first-order chi connectivity index (χ1) is 17.5. The third kappa shape index (κ3) is 5.30. The van der Waals surface area contributed by atoms with Gasteiger partial charge >= 0.3 is 6.61 Å². The van der Waals surface area contributed by atoms with Gasteiger partial charge < -0.3 is 23.5 Å². The largest absolute Gasteiger partial charge is 0.616 e.